The van der Waals surface area contributed by atoms with Crippen molar-refractivity contribution in [1.82, 2.24) is 4.98 Å². The van der Waals surface area contributed by atoms with Gasteiger partial charge in [0, 0.05) is 33.2 Å². The molecule has 0 radical (unpaired) electrons. The maximum absolute atomic E-state index is 5.27. The van der Waals surface area contributed by atoms with E-state index in [1.165, 1.54) is 137 Å². The Morgan fingerprint density at radius 1 is 0.338 bits per heavy atom. The van der Waals surface area contributed by atoms with E-state index in [4.69, 9.17) is 4.98 Å². The van der Waals surface area contributed by atoms with E-state index >= 15 is 0 Å². The highest BCUT2D eigenvalue weighted by Crippen LogP contribution is 2.63. The zero-order chi connectivity index (χ0) is 44.3. The molecule has 1 nitrogen and oxygen atoms in total. The molecule has 1 heteroatoms. The average Bonchev–Trinajstić information content (AvgIpc) is 4.15. The lowest BCUT2D eigenvalue weighted by Crippen LogP contribution is -2.24. The number of aromatic nitrogens is 1. The second-order valence-corrected chi connectivity index (χ2v) is 19.9. The maximum Gasteiger partial charge on any atom is 0.0708 e. The average molecular weight is 862 g/mol. The molecule has 16 rings (SSSR count). The van der Waals surface area contributed by atoms with E-state index in [0.29, 0.717) is 0 Å². The summed E-state index contributed by atoms with van der Waals surface area (Å²) in [6.45, 7) is 0. The Labute approximate surface area is 395 Å². The first-order valence-corrected chi connectivity index (χ1v) is 24.4. The summed E-state index contributed by atoms with van der Waals surface area (Å²) in [6.07, 6.45) is 6.41. The van der Waals surface area contributed by atoms with Gasteiger partial charge in [0.05, 0.1) is 5.52 Å². The lowest BCUT2D eigenvalue weighted by molar-refractivity contribution is 0.630. The third kappa shape index (κ3) is 4.55. The van der Waals surface area contributed by atoms with Gasteiger partial charge in [-0.15, -0.1) is 0 Å². The fraction of sp³-hybridized carbons (Fsp3) is 0.0896. The number of para-hydroxylation sites is 1. The largest absolute Gasteiger partial charge is 0.256 e. The standard InChI is InChI=1S/C67H43N/c1-3-15-46-40(13-1)25-27-42-33-35-66(64(42)46)56-22-10-7-17-48(56)50-31-29-44(37-58(50)66)61-52-19-5-6-20-53(52)62(63-54-21-9-12-24-60(54)68-39-55(61)63)45-30-32-51-49-18-8-11-23-57(49)67(59(51)38-45)36-34-43-28-26-41-14-2-4-16-47(41)65(43)67/h1-32,37-39H,33-36H2. The first-order chi connectivity index (χ1) is 33.7. The minimum atomic E-state index is -0.241. The lowest BCUT2D eigenvalue weighted by atomic mass is 9.71. The molecule has 0 saturated heterocycles. The molecule has 12 aromatic rings. The minimum absolute atomic E-state index is 0.239. The first kappa shape index (κ1) is 37.0. The third-order valence-corrected chi connectivity index (χ3v) is 17.1. The van der Waals surface area contributed by atoms with Crippen molar-refractivity contribution in [2.75, 3.05) is 0 Å². The van der Waals surface area contributed by atoms with E-state index in [-0.39, 0.29) is 10.8 Å². The van der Waals surface area contributed by atoms with Gasteiger partial charge in [-0.1, -0.05) is 188 Å². The Bertz CT molecular complexity index is 4230. The summed E-state index contributed by atoms with van der Waals surface area (Å²) >= 11 is 0. The molecular formula is C67H43N. The number of hydrogen-bond donors (Lipinski definition) is 0. The minimum Gasteiger partial charge on any atom is -0.256 e. The van der Waals surface area contributed by atoms with Crippen LogP contribution in [0.3, 0.4) is 0 Å². The summed E-state index contributed by atoms with van der Waals surface area (Å²) in [5.74, 6) is 0. The van der Waals surface area contributed by atoms with Crippen molar-refractivity contribution in [1.29, 1.82) is 0 Å². The quantitative estimate of drug-likeness (QED) is 0.125. The molecule has 0 fully saturated rings. The zero-order valence-electron chi connectivity index (χ0n) is 37.5. The van der Waals surface area contributed by atoms with E-state index < -0.39 is 0 Å². The van der Waals surface area contributed by atoms with Crippen LogP contribution in [0.4, 0.5) is 0 Å². The first-order valence-electron chi connectivity index (χ1n) is 24.4. The van der Waals surface area contributed by atoms with Gasteiger partial charge in [-0.05, 0) is 165 Å². The van der Waals surface area contributed by atoms with Crippen molar-refractivity contribution in [2.24, 2.45) is 0 Å². The van der Waals surface area contributed by atoms with Crippen molar-refractivity contribution in [3.63, 3.8) is 0 Å². The second-order valence-electron chi connectivity index (χ2n) is 19.9. The van der Waals surface area contributed by atoms with Crippen LogP contribution >= 0.6 is 0 Å². The number of fused-ring (bicyclic) bond motifs is 22. The number of benzene rings is 11. The summed E-state index contributed by atoms with van der Waals surface area (Å²) in [5, 5.41) is 11.5. The Balaban J connectivity index is 0.983. The van der Waals surface area contributed by atoms with Gasteiger partial charge in [-0.25, -0.2) is 0 Å². The van der Waals surface area contributed by atoms with Gasteiger partial charge in [0.1, 0.15) is 0 Å². The Kier molecular flexibility index (Phi) is 7.23. The van der Waals surface area contributed by atoms with Crippen LogP contribution < -0.4 is 0 Å². The van der Waals surface area contributed by atoms with Crippen LogP contribution in [0, 0.1) is 0 Å². The van der Waals surface area contributed by atoms with Crippen LogP contribution in [0.15, 0.2) is 212 Å². The molecule has 2 spiro atoms. The van der Waals surface area contributed by atoms with E-state index in [1.807, 2.05) is 0 Å². The van der Waals surface area contributed by atoms with Gasteiger partial charge >= 0.3 is 0 Å². The van der Waals surface area contributed by atoms with Crippen molar-refractivity contribution in [3.8, 4) is 44.5 Å². The number of nitrogens with zero attached hydrogens (tertiary/aromatic N) is 1. The van der Waals surface area contributed by atoms with Crippen LogP contribution in [0.2, 0.25) is 0 Å². The van der Waals surface area contributed by atoms with Crippen molar-refractivity contribution in [2.45, 2.75) is 36.5 Å². The molecule has 0 bridgehead atoms. The molecule has 0 saturated carbocycles. The molecule has 1 aromatic heterocycles. The smallest absolute Gasteiger partial charge is 0.0708 e. The van der Waals surface area contributed by atoms with Crippen LogP contribution in [-0.2, 0) is 23.7 Å². The molecule has 4 aliphatic rings. The van der Waals surface area contributed by atoms with Gasteiger partial charge in [-0.2, -0.15) is 0 Å². The number of aryl methyl sites for hydroxylation is 2. The van der Waals surface area contributed by atoms with Gasteiger partial charge < -0.3 is 0 Å². The SMILES string of the molecule is c1ccc2c(c1)-c1ccc(-c3c4ccccc4c(-c4ccc5c(c4)C4(CCc6ccc7ccccc7c64)c4ccccc4-5)c4c3cnc3ccccc34)cc1C21CCc2ccc3ccccc3c21. The summed E-state index contributed by atoms with van der Waals surface area (Å²) in [5.41, 5.74) is 22.7. The number of rotatable bonds is 2. The van der Waals surface area contributed by atoms with Crippen LogP contribution in [0.1, 0.15) is 57.3 Å². The highest BCUT2D eigenvalue weighted by Gasteiger charge is 2.51. The van der Waals surface area contributed by atoms with Crippen LogP contribution in [-0.4, -0.2) is 4.98 Å². The van der Waals surface area contributed by atoms with Crippen molar-refractivity contribution < 1.29 is 0 Å². The maximum atomic E-state index is 5.27. The molecule has 11 aromatic carbocycles. The third-order valence-electron chi connectivity index (χ3n) is 17.1. The Morgan fingerprint density at radius 2 is 0.794 bits per heavy atom. The molecule has 316 valence electrons. The molecular weight excluding hydrogens is 819 g/mol. The molecule has 0 aliphatic heterocycles. The predicted molar refractivity (Wildman–Crippen MR) is 283 cm³/mol. The van der Waals surface area contributed by atoms with E-state index in [2.05, 4.69) is 212 Å². The summed E-state index contributed by atoms with van der Waals surface area (Å²) in [7, 11) is 0. The van der Waals surface area contributed by atoms with Crippen LogP contribution in [0.5, 0.6) is 0 Å². The van der Waals surface area contributed by atoms with E-state index in [9.17, 15) is 0 Å². The molecule has 2 unspecified atom stereocenters. The second kappa shape index (κ2) is 13.3. The van der Waals surface area contributed by atoms with E-state index in [0.717, 1.165) is 31.2 Å². The van der Waals surface area contributed by atoms with Gasteiger partial charge in [0.25, 0.3) is 0 Å². The fourth-order valence-electron chi connectivity index (χ4n) is 14.5. The predicted octanol–water partition coefficient (Wildman–Crippen LogP) is 16.7. The van der Waals surface area contributed by atoms with Crippen molar-refractivity contribution >= 4 is 54.0 Å². The summed E-state index contributed by atoms with van der Waals surface area (Å²) in [6, 6.07) is 78.9. The summed E-state index contributed by atoms with van der Waals surface area (Å²) < 4.78 is 0. The van der Waals surface area contributed by atoms with Crippen molar-refractivity contribution in [3.05, 3.63) is 257 Å². The van der Waals surface area contributed by atoms with Gasteiger partial charge in [0.2, 0.25) is 0 Å². The molecule has 2 atom stereocenters. The normalized spacial score (nSPS) is 18.2. The molecule has 0 N–H and O–H groups in total. The van der Waals surface area contributed by atoms with E-state index in [1.54, 1.807) is 0 Å². The summed E-state index contributed by atoms with van der Waals surface area (Å²) in [4.78, 5) is 5.27. The fourth-order valence-corrected chi connectivity index (χ4v) is 14.5. The molecule has 4 aliphatic carbocycles. The zero-order valence-corrected chi connectivity index (χ0v) is 37.5. The van der Waals surface area contributed by atoms with Gasteiger partial charge in [0.15, 0.2) is 0 Å². The lowest BCUT2D eigenvalue weighted by Gasteiger charge is -2.30. The van der Waals surface area contributed by atoms with Crippen LogP contribution in [0.25, 0.3) is 98.5 Å². The number of pyridine rings is 1. The highest BCUT2D eigenvalue weighted by molar-refractivity contribution is 6.27. The monoisotopic (exact) mass is 861 g/mol. The Hall–Kier alpha value is -8.13. The number of hydrogen-bond acceptors (Lipinski definition) is 1. The topological polar surface area (TPSA) is 12.9 Å². The molecule has 1 heterocycles. The highest BCUT2D eigenvalue weighted by atomic mass is 14.7. The molecule has 68 heavy (non-hydrogen) atoms. The van der Waals surface area contributed by atoms with Gasteiger partial charge in [-0.3, -0.25) is 4.98 Å². The molecule has 0 amide bonds. The Morgan fingerprint density at radius 3 is 1.38 bits per heavy atom.